The lowest BCUT2D eigenvalue weighted by Gasteiger charge is -2.17. The lowest BCUT2D eigenvalue weighted by molar-refractivity contribution is 0.0557. The molecule has 0 aromatic heterocycles. The van der Waals surface area contributed by atoms with Crippen molar-refractivity contribution in [1.82, 2.24) is 0 Å². The molecule has 0 aromatic carbocycles. The Kier molecular flexibility index (Phi) is 17.3. The Labute approximate surface area is 160 Å². The zero-order chi connectivity index (χ0) is 18.8. The molecular weight excluding hydrogens is 304 g/mol. The standard InChI is InChI=1S/C24H50O/c1-6-7-8-9-10-13-16-19-22-25-23(2)20-17-14-11-12-15-18-21-24(3,4)5/h23H,6-22H2,1-5H3. The van der Waals surface area contributed by atoms with E-state index < -0.39 is 0 Å². The van der Waals surface area contributed by atoms with Crippen LogP contribution >= 0.6 is 0 Å². The molecule has 0 radical (unpaired) electrons. The van der Waals surface area contributed by atoms with Gasteiger partial charge >= 0.3 is 0 Å². The fourth-order valence-corrected chi connectivity index (χ4v) is 3.40. The fraction of sp³-hybridized carbons (Fsp3) is 1.00. The molecule has 0 saturated carbocycles. The van der Waals surface area contributed by atoms with Crippen molar-refractivity contribution in [3.8, 4) is 0 Å². The molecule has 1 nitrogen and oxygen atoms in total. The smallest absolute Gasteiger partial charge is 0.0547 e. The predicted octanol–water partition coefficient (Wildman–Crippen LogP) is 8.70. The van der Waals surface area contributed by atoms with Gasteiger partial charge in [-0.15, -0.1) is 0 Å². The lowest BCUT2D eigenvalue weighted by atomic mass is 9.89. The number of rotatable bonds is 18. The summed E-state index contributed by atoms with van der Waals surface area (Å²) in [6.07, 6.45) is 22.5. The van der Waals surface area contributed by atoms with E-state index in [1.807, 2.05) is 0 Å². The first-order valence-corrected chi connectivity index (χ1v) is 11.6. The van der Waals surface area contributed by atoms with Crippen molar-refractivity contribution < 1.29 is 4.74 Å². The molecule has 0 aliphatic heterocycles. The Hall–Kier alpha value is -0.0400. The quantitative estimate of drug-likeness (QED) is 0.224. The highest BCUT2D eigenvalue weighted by atomic mass is 16.5. The predicted molar refractivity (Wildman–Crippen MR) is 114 cm³/mol. The zero-order valence-corrected chi connectivity index (χ0v) is 18.5. The van der Waals surface area contributed by atoms with Gasteiger partial charge in [-0.25, -0.2) is 0 Å². The van der Waals surface area contributed by atoms with E-state index in [9.17, 15) is 0 Å². The van der Waals surface area contributed by atoms with Crippen LogP contribution in [0.3, 0.4) is 0 Å². The van der Waals surface area contributed by atoms with Gasteiger partial charge in [-0.3, -0.25) is 0 Å². The molecule has 0 N–H and O–H groups in total. The Balaban J connectivity index is 3.19. The third-order valence-corrected chi connectivity index (χ3v) is 5.19. The largest absolute Gasteiger partial charge is 0.379 e. The molecule has 1 unspecified atom stereocenters. The van der Waals surface area contributed by atoms with Crippen LogP contribution in [0.2, 0.25) is 0 Å². The normalized spacial score (nSPS) is 13.3. The van der Waals surface area contributed by atoms with Gasteiger partial charge in [0, 0.05) is 6.61 Å². The molecule has 0 amide bonds. The van der Waals surface area contributed by atoms with Gasteiger partial charge in [-0.1, -0.05) is 111 Å². The van der Waals surface area contributed by atoms with Crippen LogP contribution in [0.5, 0.6) is 0 Å². The number of unbranched alkanes of at least 4 members (excludes halogenated alkanes) is 12. The second-order valence-electron chi connectivity index (χ2n) is 9.38. The van der Waals surface area contributed by atoms with Gasteiger partial charge in [0.1, 0.15) is 0 Å². The first kappa shape index (κ1) is 25.0. The van der Waals surface area contributed by atoms with E-state index in [1.54, 1.807) is 0 Å². The SMILES string of the molecule is CCCCCCCCCCOC(C)CCCCCCCCC(C)(C)C. The molecule has 0 saturated heterocycles. The van der Waals surface area contributed by atoms with Gasteiger partial charge < -0.3 is 4.74 Å². The van der Waals surface area contributed by atoms with Crippen molar-refractivity contribution in [3.05, 3.63) is 0 Å². The summed E-state index contributed by atoms with van der Waals surface area (Å²) in [7, 11) is 0. The van der Waals surface area contributed by atoms with Gasteiger partial charge in [0.2, 0.25) is 0 Å². The second kappa shape index (κ2) is 17.4. The number of hydrogen-bond donors (Lipinski definition) is 0. The molecular formula is C24H50O. The van der Waals surface area contributed by atoms with Gasteiger partial charge in [0.15, 0.2) is 0 Å². The van der Waals surface area contributed by atoms with Gasteiger partial charge in [-0.2, -0.15) is 0 Å². The van der Waals surface area contributed by atoms with Crippen molar-refractivity contribution in [2.75, 3.05) is 6.61 Å². The van der Waals surface area contributed by atoms with Crippen LogP contribution in [-0.2, 0) is 4.74 Å². The highest BCUT2D eigenvalue weighted by Crippen LogP contribution is 2.22. The molecule has 0 bridgehead atoms. The summed E-state index contributed by atoms with van der Waals surface area (Å²) in [5, 5.41) is 0. The molecule has 1 heteroatoms. The van der Waals surface area contributed by atoms with E-state index in [1.165, 1.54) is 103 Å². The molecule has 0 spiro atoms. The molecule has 0 heterocycles. The molecule has 25 heavy (non-hydrogen) atoms. The Morgan fingerprint density at radius 2 is 1.12 bits per heavy atom. The molecule has 0 fully saturated rings. The van der Waals surface area contributed by atoms with E-state index >= 15 is 0 Å². The van der Waals surface area contributed by atoms with Crippen LogP contribution in [0.1, 0.15) is 137 Å². The van der Waals surface area contributed by atoms with E-state index in [-0.39, 0.29) is 0 Å². The number of hydrogen-bond acceptors (Lipinski definition) is 1. The Bertz CT molecular complexity index is 253. The molecule has 0 aliphatic rings. The average molecular weight is 355 g/mol. The van der Waals surface area contributed by atoms with Crippen LogP contribution in [0, 0.1) is 5.41 Å². The third kappa shape index (κ3) is 21.9. The van der Waals surface area contributed by atoms with Crippen molar-refractivity contribution in [2.24, 2.45) is 5.41 Å². The summed E-state index contributed by atoms with van der Waals surface area (Å²) < 4.78 is 5.97. The fourth-order valence-electron chi connectivity index (χ4n) is 3.40. The summed E-state index contributed by atoms with van der Waals surface area (Å²) in [6.45, 7) is 12.6. The summed E-state index contributed by atoms with van der Waals surface area (Å²) in [6, 6.07) is 0. The van der Waals surface area contributed by atoms with Crippen molar-refractivity contribution in [2.45, 2.75) is 143 Å². The maximum atomic E-state index is 5.97. The van der Waals surface area contributed by atoms with Gasteiger partial charge in [0.25, 0.3) is 0 Å². The molecule has 152 valence electrons. The summed E-state index contributed by atoms with van der Waals surface area (Å²) >= 11 is 0. The maximum absolute atomic E-state index is 5.97. The Morgan fingerprint density at radius 3 is 1.68 bits per heavy atom. The monoisotopic (exact) mass is 354 g/mol. The minimum Gasteiger partial charge on any atom is -0.379 e. The van der Waals surface area contributed by atoms with Crippen LogP contribution in [0.15, 0.2) is 0 Å². The van der Waals surface area contributed by atoms with Crippen LogP contribution in [0.4, 0.5) is 0 Å². The van der Waals surface area contributed by atoms with Crippen molar-refractivity contribution in [3.63, 3.8) is 0 Å². The van der Waals surface area contributed by atoms with E-state index in [4.69, 9.17) is 4.74 Å². The molecule has 1 atom stereocenters. The molecule has 0 aliphatic carbocycles. The van der Waals surface area contributed by atoms with Crippen LogP contribution in [0.25, 0.3) is 0 Å². The van der Waals surface area contributed by atoms with Crippen LogP contribution < -0.4 is 0 Å². The lowest BCUT2D eigenvalue weighted by Crippen LogP contribution is -2.09. The Morgan fingerprint density at radius 1 is 0.640 bits per heavy atom. The van der Waals surface area contributed by atoms with Gasteiger partial charge in [-0.05, 0) is 31.6 Å². The second-order valence-corrected chi connectivity index (χ2v) is 9.38. The summed E-state index contributed by atoms with van der Waals surface area (Å²) in [5.41, 5.74) is 0.516. The topological polar surface area (TPSA) is 9.23 Å². The van der Waals surface area contributed by atoms with Crippen molar-refractivity contribution >= 4 is 0 Å². The molecule has 0 aromatic rings. The average Bonchev–Trinajstić information content (AvgIpc) is 2.54. The third-order valence-electron chi connectivity index (χ3n) is 5.19. The minimum atomic E-state index is 0.463. The summed E-state index contributed by atoms with van der Waals surface area (Å²) in [4.78, 5) is 0. The number of ether oxygens (including phenoxy) is 1. The maximum Gasteiger partial charge on any atom is 0.0547 e. The molecule has 0 rings (SSSR count). The highest BCUT2D eigenvalue weighted by molar-refractivity contribution is 4.61. The van der Waals surface area contributed by atoms with E-state index in [0.717, 1.165) is 6.61 Å². The van der Waals surface area contributed by atoms with E-state index in [0.29, 0.717) is 11.5 Å². The van der Waals surface area contributed by atoms with Crippen molar-refractivity contribution in [1.29, 1.82) is 0 Å². The van der Waals surface area contributed by atoms with Gasteiger partial charge in [0.05, 0.1) is 6.10 Å². The highest BCUT2D eigenvalue weighted by Gasteiger charge is 2.08. The minimum absolute atomic E-state index is 0.463. The first-order chi connectivity index (χ1) is 12.0. The van der Waals surface area contributed by atoms with E-state index in [2.05, 4.69) is 34.6 Å². The zero-order valence-electron chi connectivity index (χ0n) is 18.5. The first-order valence-electron chi connectivity index (χ1n) is 11.6. The summed E-state index contributed by atoms with van der Waals surface area (Å²) in [5.74, 6) is 0. The van der Waals surface area contributed by atoms with Crippen LogP contribution in [-0.4, -0.2) is 12.7 Å².